The molecule has 1 aliphatic heterocycles. The predicted octanol–water partition coefficient (Wildman–Crippen LogP) is 5.03. The molecular weight excluding hydrogens is 460 g/mol. The van der Waals surface area contributed by atoms with Crippen LogP contribution in [0, 0.1) is 0 Å². The molecule has 168 valence electrons. The Balaban J connectivity index is 1.26. The number of rotatable bonds is 7. The number of carbonyl (C=O) groups is 2. The van der Waals surface area contributed by atoms with E-state index in [2.05, 4.69) is 5.10 Å². The van der Waals surface area contributed by atoms with Crippen molar-refractivity contribution in [3.05, 3.63) is 74.8 Å². The molecule has 1 aromatic carbocycles. The first-order chi connectivity index (χ1) is 16.1. The van der Waals surface area contributed by atoms with E-state index in [1.807, 2.05) is 41.1 Å². The molecule has 0 saturated heterocycles. The van der Waals surface area contributed by atoms with Crippen molar-refractivity contribution in [1.82, 2.24) is 5.01 Å². The molecular formula is C24H20N2O5S2. The molecule has 1 amide bonds. The third-order valence-corrected chi connectivity index (χ3v) is 7.29. The molecule has 0 aliphatic carbocycles. The number of ether oxygens (including phenoxy) is 2. The molecule has 0 saturated carbocycles. The van der Waals surface area contributed by atoms with Crippen LogP contribution in [0.4, 0.5) is 0 Å². The summed E-state index contributed by atoms with van der Waals surface area (Å²) in [4.78, 5) is 27.5. The van der Waals surface area contributed by atoms with Crippen molar-refractivity contribution < 1.29 is 23.5 Å². The van der Waals surface area contributed by atoms with Crippen LogP contribution in [0.25, 0.3) is 11.0 Å². The average molecular weight is 481 g/mol. The first-order valence-electron chi connectivity index (χ1n) is 10.3. The molecule has 0 N–H and O–H groups in total. The van der Waals surface area contributed by atoms with Gasteiger partial charge in [0.25, 0.3) is 5.91 Å². The van der Waals surface area contributed by atoms with E-state index in [9.17, 15) is 9.59 Å². The number of methoxy groups -OCH3 is 1. The van der Waals surface area contributed by atoms with Gasteiger partial charge in [0, 0.05) is 28.3 Å². The summed E-state index contributed by atoms with van der Waals surface area (Å²) in [6.45, 7) is -0.370. The zero-order valence-electron chi connectivity index (χ0n) is 17.7. The Bertz CT molecular complexity index is 1310. The van der Waals surface area contributed by atoms with Gasteiger partial charge in [-0.05, 0) is 35.0 Å². The van der Waals surface area contributed by atoms with Crippen molar-refractivity contribution >= 4 is 51.2 Å². The van der Waals surface area contributed by atoms with E-state index in [-0.39, 0.29) is 25.0 Å². The van der Waals surface area contributed by atoms with Gasteiger partial charge in [0.1, 0.15) is 11.3 Å². The molecule has 5 rings (SSSR count). The molecule has 1 atom stereocenters. The van der Waals surface area contributed by atoms with Gasteiger partial charge in [-0.15, -0.1) is 22.7 Å². The van der Waals surface area contributed by atoms with E-state index >= 15 is 0 Å². The predicted molar refractivity (Wildman–Crippen MR) is 127 cm³/mol. The maximum Gasteiger partial charge on any atom is 0.310 e. The highest BCUT2D eigenvalue weighted by Crippen LogP contribution is 2.36. The van der Waals surface area contributed by atoms with Crippen LogP contribution in [-0.4, -0.2) is 36.3 Å². The molecule has 4 heterocycles. The Morgan fingerprint density at radius 1 is 1.18 bits per heavy atom. The van der Waals surface area contributed by atoms with Crippen molar-refractivity contribution in [3.63, 3.8) is 0 Å². The minimum absolute atomic E-state index is 0.00464. The summed E-state index contributed by atoms with van der Waals surface area (Å²) in [6, 6.07) is 13.1. The van der Waals surface area contributed by atoms with E-state index in [0.717, 1.165) is 20.9 Å². The van der Waals surface area contributed by atoms with Crippen LogP contribution in [0.15, 0.2) is 69.0 Å². The average Bonchev–Trinajstić information content (AvgIpc) is 3.62. The highest BCUT2D eigenvalue weighted by Gasteiger charge is 2.34. The van der Waals surface area contributed by atoms with E-state index < -0.39 is 5.97 Å². The maximum absolute atomic E-state index is 13.0. The molecule has 0 spiro atoms. The number of nitrogens with zero attached hydrogens (tertiary/aromatic N) is 2. The Kier molecular flexibility index (Phi) is 5.97. The lowest BCUT2D eigenvalue weighted by atomic mass is 10.1. The Hall–Kier alpha value is -3.43. The fourth-order valence-corrected chi connectivity index (χ4v) is 5.31. The topological polar surface area (TPSA) is 81.3 Å². The Labute approximate surface area is 197 Å². The van der Waals surface area contributed by atoms with Gasteiger partial charge in [-0.3, -0.25) is 9.59 Å². The number of fused-ring (bicyclic) bond motifs is 1. The van der Waals surface area contributed by atoms with Crippen LogP contribution in [0.1, 0.15) is 27.8 Å². The molecule has 7 nitrogen and oxygen atoms in total. The number of carbonyl (C=O) groups excluding carboxylic acids is 2. The zero-order chi connectivity index (χ0) is 22.8. The van der Waals surface area contributed by atoms with E-state index in [1.165, 1.54) is 11.3 Å². The van der Waals surface area contributed by atoms with Crippen LogP contribution >= 0.6 is 22.7 Å². The fraction of sp³-hybridized carbons (Fsp3) is 0.208. The lowest BCUT2D eigenvalue weighted by molar-refractivity contribution is -0.152. The number of hydrazone groups is 1. The van der Waals surface area contributed by atoms with Gasteiger partial charge in [0.2, 0.25) is 0 Å². The molecule has 0 fully saturated rings. The van der Waals surface area contributed by atoms with Crippen molar-refractivity contribution in [1.29, 1.82) is 0 Å². The second kappa shape index (κ2) is 9.21. The van der Waals surface area contributed by atoms with Gasteiger partial charge in [0.15, 0.2) is 6.61 Å². The van der Waals surface area contributed by atoms with Gasteiger partial charge >= 0.3 is 5.97 Å². The number of hydrogen-bond donors (Lipinski definition) is 0. The summed E-state index contributed by atoms with van der Waals surface area (Å²) < 4.78 is 16.0. The molecule has 1 aliphatic rings. The van der Waals surface area contributed by atoms with Gasteiger partial charge in [0.05, 0.1) is 36.4 Å². The summed E-state index contributed by atoms with van der Waals surface area (Å²) in [6.07, 6.45) is 2.16. The first kappa shape index (κ1) is 21.4. The number of esters is 1. The largest absolute Gasteiger partial charge is 0.497 e. The van der Waals surface area contributed by atoms with Gasteiger partial charge in [-0.2, -0.15) is 5.10 Å². The molecule has 9 heteroatoms. The van der Waals surface area contributed by atoms with Crippen molar-refractivity contribution in [2.75, 3.05) is 13.7 Å². The summed E-state index contributed by atoms with van der Waals surface area (Å²) in [5, 5.41) is 10.8. The standard InChI is InChI=1S/C24H20N2O5S2/c1-29-16-6-7-17-15(13-30-20(17)11-16)10-24(28)31-14-23(27)26-19(22-5-3-9-33-22)12-18(25-26)21-4-2-8-32-21/h2-9,11,13,19H,10,12,14H2,1H3. The number of thiophene rings is 2. The summed E-state index contributed by atoms with van der Waals surface area (Å²) in [5.41, 5.74) is 2.18. The Morgan fingerprint density at radius 3 is 2.79 bits per heavy atom. The zero-order valence-corrected chi connectivity index (χ0v) is 19.4. The quantitative estimate of drug-likeness (QED) is 0.347. The molecule has 33 heavy (non-hydrogen) atoms. The van der Waals surface area contributed by atoms with Gasteiger partial charge in [-0.25, -0.2) is 5.01 Å². The minimum Gasteiger partial charge on any atom is -0.497 e. The lowest BCUT2D eigenvalue weighted by Gasteiger charge is -2.20. The van der Waals surface area contributed by atoms with Crippen molar-refractivity contribution in [2.45, 2.75) is 18.9 Å². The molecule has 1 unspecified atom stereocenters. The van der Waals surface area contributed by atoms with Crippen LogP contribution < -0.4 is 4.74 Å². The number of benzene rings is 1. The molecule has 0 bridgehead atoms. The maximum atomic E-state index is 13.0. The Morgan fingerprint density at radius 2 is 2.03 bits per heavy atom. The molecule has 4 aromatic rings. The normalized spacial score (nSPS) is 15.6. The number of hydrogen-bond acceptors (Lipinski definition) is 8. The minimum atomic E-state index is -0.504. The third kappa shape index (κ3) is 4.42. The second-order valence-electron chi connectivity index (χ2n) is 7.46. The SMILES string of the molecule is COc1ccc2c(CC(=O)OCC(=O)N3N=C(c4cccs4)CC3c3cccs3)coc2c1. The highest BCUT2D eigenvalue weighted by molar-refractivity contribution is 7.12. The van der Waals surface area contributed by atoms with E-state index in [0.29, 0.717) is 23.3 Å². The van der Waals surface area contributed by atoms with Crippen LogP contribution in [-0.2, 0) is 20.7 Å². The van der Waals surface area contributed by atoms with E-state index in [1.54, 1.807) is 41.9 Å². The van der Waals surface area contributed by atoms with E-state index in [4.69, 9.17) is 13.9 Å². The summed E-state index contributed by atoms with van der Waals surface area (Å²) in [5.74, 6) is -0.184. The van der Waals surface area contributed by atoms with Crippen LogP contribution in [0.5, 0.6) is 5.75 Å². The van der Waals surface area contributed by atoms with Crippen molar-refractivity contribution in [3.8, 4) is 5.75 Å². The third-order valence-electron chi connectivity index (χ3n) is 5.40. The monoisotopic (exact) mass is 480 g/mol. The number of amides is 1. The number of furan rings is 1. The molecule has 0 radical (unpaired) electrons. The molecule has 3 aromatic heterocycles. The van der Waals surface area contributed by atoms with Crippen LogP contribution in [0.3, 0.4) is 0 Å². The van der Waals surface area contributed by atoms with Gasteiger partial charge in [-0.1, -0.05) is 12.1 Å². The van der Waals surface area contributed by atoms with Crippen LogP contribution in [0.2, 0.25) is 0 Å². The van der Waals surface area contributed by atoms with Crippen molar-refractivity contribution in [2.24, 2.45) is 5.10 Å². The second-order valence-corrected chi connectivity index (χ2v) is 9.39. The first-order valence-corrected chi connectivity index (χ1v) is 12.0. The fourth-order valence-electron chi connectivity index (χ4n) is 3.78. The smallest absolute Gasteiger partial charge is 0.310 e. The van der Waals surface area contributed by atoms with Gasteiger partial charge < -0.3 is 13.9 Å². The lowest BCUT2D eigenvalue weighted by Crippen LogP contribution is -2.31. The highest BCUT2D eigenvalue weighted by atomic mass is 32.1. The summed E-state index contributed by atoms with van der Waals surface area (Å²) in [7, 11) is 1.58. The summed E-state index contributed by atoms with van der Waals surface area (Å²) >= 11 is 3.17.